The number of rotatable bonds is 7. The van der Waals surface area contributed by atoms with Crippen LogP contribution in [0.25, 0.3) is 6.08 Å². The molecule has 5 rings (SSSR count). The van der Waals surface area contributed by atoms with Gasteiger partial charge in [-0.1, -0.05) is 52.0 Å². The number of benzene rings is 2. The van der Waals surface area contributed by atoms with Crippen molar-refractivity contribution < 1.29 is 9.18 Å². The van der Waals surface area contributed by atoms with Crippen LogP contribution >= 0.6 is 0 Å². The second kappa shape index (κ2) is 16.1. The van der Waals surface area contributed by atoms with Crippen LogP contribution in [0.3, 0.4) is 0 Å². The van der Waals surface area contributed by atoms with Crippen molar-refractivity contribution in [2.75, 3.05) is 23.1 Å². The second-order valence-electron chi connectivity index (χ2n) is 9.28. The van der Waals surface area contributed by atoms with Crippen LogP contribution in [0.1, 0.15) is 71.2 Å². The number of pyridine rings is 1. The molecule has 1 amide bonds. The SMILES string of the molecule is CC.CC.CC1=NN(C)C(C(=O)Nc2cc(Nc3ccc4c(c3)NNC4C/C=C/c3ccccn3)ccc2F)=CCC1. The number of fused-ring (bicyclic) bond motifs is 1. The molecule has 3 aromatic rings. The molecule has 1 unspecified atom stereocenters. The molecule has 0 aliphatic carbocycles. The highest BCUT2D eigenvalue weighted by atomic mass is 19.1. The molecule has 0 saturated carbocycles. The number of nitrogens with zero attached hydrogens (tertiary/aromatic N) is 3. The third-order valence-electron chi connectivity index (χ3n) is 6.41. The lowest BCUT2D eigenvalue weighted by Gasteiger charge is -2.17. The summed E-state index contributed by atoms with van der Waals surface area (Å²) < 4.78 is 14.6. The molecule has 2 aromatic carbocycles. The van der Waals surface area contributed by atoms with Crippen molar-refractivity contribution in [3.8, 4) is 0 Å². The number of amides is 1. The normalized spacial score (nSPS) is 15.5. The summed E-state index contributed by atoms with van der Waals surface area (Å²) in [7, 11) is 1.71. The summed E-state index contributed by atoms with van der Waals surface area (Å²) in [6.07, 6.45) is 10.0. The van der Waals surface area contributed by atoms with Gasteiger partial charge in [0.05, 0.1) is 23.1 Å². The van der Waals surface area contributed by atoms with Crippen LogP contribution in [0.5, 0.6) is 0 Å². The highest BCUT2D eigenvalue weighted by Gasteiger charge is 2.21. The fourth-order valence-corrected chi connectivity index (χ4v) is 4.48. The van der Waals surface area contributed by atoms with Crippen molar-refractivity contribution in [2.45, 2.75) is 59.9 Å². The minimum absolute atomic E-state index is 0.0972. The first-order valence-electron chi connectivity index (χ1n) is 14.6. The zero-order valence-corrected chi connectivity index (χ0v) is 25.3. The molecule has 1 aromatic heterocycles. The minimum atomic E-state index is -0.512. The lowest BCUT2D eigenvalue weighted by molar-refractivity contribution is -0.114. The molecular formula is C33H42FN7O. The molecule has 0 radical (unpaired) electrons. The van der Waals surface area contributed by atoms with Gasteiger partial charge in [-0.3, -0.25) is 14.8 Å². The predicted octanol–water partition coefficient (Wildman–Crippen LogP) is 8.02. The number of hydrogen-bond acceptors (Lipinski definition) is 7. The van der Waals surface area contributed by atoms with Gasteiger partial charge in [-0.05, 0) is 80.3 Å². The van der Waals surface area contributed by atoms with Crippen LogP contribution in [0.15, 0.2) is 83.7 Å². The number of allylic oxidation sites excluding steroid dienone is 1. The summed E-state index contributed by atoms with van der Waals surface area (Å²) in [4.78, 5) is 17.2. The zero-order chi connectivity index (χ0) is 30.5. The van der Waals surface area contributed by atoms with Crippen molar-refractivity contribution in [2.24, 2.45) is 5.10 Å². The van der Waals surface area contributed by atoms with Crippen molar-refractivity contribution in [1.82, 2.24) is 15.4 Å². The van der Waals surface area contributed by atoms with Gasteiger partial charge in [-0.25, -0.2) is 9.82 Å². The van der Waals surface area contributed by atoms with Gasteiger partial charge in [0.1, 0.15) is 11.5 Å². The standard InChI is InChI=1S/C29H30FN7O.2C2H6/c1-19-7-5-11-28(37(2)36-19)29(38)33-27-18-22(13-15-24(27)30)32-21-12-14-23-25(34-35-26(23)17-21)10-6-9-20-8-3-4-16-31-20;2*1-2/h3-4,6,8-9,11-18,25,32,34-35H,5,7,10H2,1-2H3,(H,33,38);2*1-2H3/b9-6+;;. The summed E-state index contributed by atoms with van der Waals surface area (Å²) in [6, 6.07) is 16.6. The van der Waals surface area contributed by atoms with Crippen molar-refractivity contribution in [1.29, 1.82) is 0 Å². The quantitative estimate of drug-likeness (QED) is 0.230. The molecule has 3 heterocycles. The van der Waals surface area contributed by atoms with Gasteiger partial charge in [-0.15, -0.1) is 0 Å². The molecule has 2 aliphatic rings. The van der Waals surface area contributed by atoms with Crippen LogP contribution in [0, 0.1) is 5.82 Å². The number of hydrazone groups is 1. The first-order valence-corrected chi connectivity index (χ1v) is 14.6. The molecule has 222 valence electrons. The molecule has 0 bridgehead atoms. The van der Waals surface area contributed by atoms with Gasteiger partial charge in [0, 0.05) is 30.3 Å². The molecule has 2 aliphatic heterocycles. The van der Waals surface area contributed by atoms with Crippen LogP contribution in [0.2, 0.25) is 0 Å². The summed E-state index contributed by atoms with van der Waals surface area (Å²) >= 11 is 0. The first kappa shape index (κ1) is 32.0. The molecule has 4 N–H and O–H groups in total. The van der Waals surface area contributed by atoms with Crippen molar-refractivity contribution in [3.63, 3.8) is 0 Å². The number of carbonyl (C=O) groups excluding carboxylic acids is 1. The molecule has 0 saturated heterocycles. The number of halogens is 1. The van der Waals surface area contributed by atoms with E-state index >= 15 is 0 Å². The number of likely N-dealkylation sites (N-methyl/N-ethyl adjacent to an activating group) is 1. The Kier molecular flexibility index (Phi) is 12.3. The highest BCUT2D eigenvalue weighted by molar-refractivity contribution is 6.04. The van der Waals surface area contributed by atoms with E-state index in [2.05, 4.69) is 43.7 Å². The van der Waals surface area contributed by atoms with Crippen molar-refractivity contribution in [3.05, 3.63) is 95.7 Å². The largest absolute Gasteiger partial charge is 0.355 e. The zero-order valence-electron chi connectivity index (χ0n) is 25.3. The average Bonchev–Trinajstić information content (AvgIpc) is 3.32. The Bertz CT molecular complexity index is 1420. The van der Waals surface area contributed by atoms with E-state index in [4.69, 9.17) is 0 Å². The third kappa shape index (κ3) is 8.50. The van der Waals surface area contributed by atoms with E-state index in [-0.39, 0.29) is 11.7 Å². The maximum Gasteiger partial charge on any atom is 0.273 e. The fraction of sp³-hybridized carbons (Fsp3) is 0.303. The van der Waals surface area contributed by atoms with Crippen LogP contribution in [0.4, 0.5) is 27.1 Å². The van der Waals surface area contributed by atoms with E-state index in [0.717, 1.165) is 41.2 Å². The lowest BCUT2D eigenvalue weighted by atomic mass is 10.0. The average molecular weight is 572 g/mol. The van der Waals surface area contributed by atoms with E-state index in [1.54, 1.807) is 25.4 Å². The monoisotopic (exact) mass is 571 g/mol. The molecular weight excluding hydrogens is 529 g/mol. The molecule has 9 heteroatoms. The number of hydrogen-bond donors (Lipinski definition) is 4. The maximum absolute atomic E-state index is 14.6. The fourth-order valence-electron chi connectivity index (χ4n) is 4.48. The molecule has 0 spiro atoms. The van der Waals surface area contributed by atoms with Gasteiger partial charge < -0.3 is 16.1 Å². The summed E-state index contributed by atoms with van der Waals surface area (Å²) in [5, 5.41) is 11.9. The minimum Gasteiger partial charge on any atom is -0.355 e. The van der Waals surface area contributed by atoms with Crippen LogP contribution in [-0.4, -0.2) is 28.7 Å². The Labute approximate surface area is 248 Å². The highest BCUT2D eigenvalue weighted by Crippen LogP contribution is 2.34. The Morgan fingerprint density at radius 3 is 2.62 bits per heavy atom. The van der Waals surface area contributed by atoms with Crippen molar-refractivity contribution >= 4 is 40.4 Å². The summed E-state index contributed by atoms with van der Waals surface area (Å²) in [5.74, 6) is -0.917. The number of hydrazine groups is 1. The van der Waals surface area contributed by atoms with Gasteiger partial charge >= 0.3 is 0 Å². The van der Waals surface area contributed by atoms with Crippen LogP contribution < -0.4 is 21.5 Å². The Morgan fingerprint density at radius 1 is 1.10 bits per heavy atom. The topological polar surface area (TPSA) is 93.7 Å². The number of carbonyl (C=O) groups is 1. The lowest BCUT2D eigenvalue weighted by Crippen LogP contribution is -2.25. The van der Waals surface area contributed by atoms with Gasteiger partial charge in [0.15, 0.2) is 0 Å². The maximum atomic E-state index is 14.6. The summed E-state index contributed by atoms with van der Waals surface area (Å²) in [6.45, 7) is 9.92. The van der Waals surface area contributed by atoms with Gasteiger partial charge in [-0.2, -0.15) is 5.10 Å². The second-order valence-corrected chi connectivity index (χ2v) is 9.28. The molecule has 8 nitrogen and oxygen atoms in total. The van der Waals surface area contributed by atoms with E-state index in [0.29, 0.717) is 17.8 Å². The number of aromatic nitrogens is 1. The third-order valence-corrected chi connectivity index (χ3v) is 6.41. The molecule has 0 fully saturated rings. The molecule has 1 atom stereocenters. The Balaban J connectivity index is 0.00000116. The smallest absolute Gasteiger partial charge is 0.273 e. The number of anilines is 4. The van der Waals surface area contributed by atoms with E-state index < -0.39 is 11.7 Å². The first-order chi connectivity index (χ1) is 20.5. The predicted molar refractivity (Wildman–Crippen MR) is 173 cm³/mol. The van der Waals surface area contributed by atoms with Gasteiger partial charge in [0.25, 0.3) is 5.91 Å². The Hall–Kier alpha value is -4.50. The van der Waals surface area contributed by atoms with Gasteiger partial charge in [0.2, 0.25) is 0 Å². The molecule has 42 heavy (non-hydrogen) atoms. The Morgan fingerprint density at radius 2 is 1.86 bits per heavy atom. The van der Waals surface area contributed by atoms with E-state index in [9.17, 15) is 9.18 Å². The number of nitrogens with one attached hydrogen (secondary N) is 4. The van der Waals surface area contributed by atoms with E-state index in [1.165, 1.54) is 11.1 Å². The summed E-state index contributed by atoms with van der Waals surface area (Å²) in [5.41, 5.74) is 12.5. The van der Waals surface area contributed by atoms with Crippen LogP contribution in [-0.2, 0) is 4.79 Å². The van der Waals surface area contributed by atoms with E-state index in [1.807, 2.05) is 77.1 Å².